The number of hydrogen-bond donors (Lipinski definition) is 4. The van der Waals surface area contributed by atoms with E-state index in [-0.39, 0.29) is 47.8 Å². The van der Waals surface area contributed by atoms with Crippen molar-refractivity contribution in [2.75, 3.05) is 0 Å². The summed E-state index contributed by atoms with van der Waals surface area (Å²) >= 11 is 0. The van der Waals surface area contributed by atoms with Gasteiger partial charge in [0.25, 0.3) is 23.6 Å². The Morgan fingerprint density at radius 3 is 1.22 bits per heavy atom. The summed E-state index contributed by atoms with van der Waals surface area (Å²) in [6, 6.07) is 11.0. The van der Waals surface area contributed by atoms with E-state index in [0.717, 1.165) is 56.9 Å². The molecule has 37 heavy (non-hydrogen) atoms. The zero-order valence-electron chi connectivity index (χ0n) is 21.1. The lowest BCUT2D eigenvalue weighted by Gasteiger charge is -2.33. The minimum Gasteiger partial charge on any atom is -0.347 e. The van der Waals surface area contributed by atoms with Crippen LogP contribution < -0.4 is 21.3 Å². The topological polar surface area (TPSA) is 116 Å². The number of nitrogens with one attached hydrogen (secondary N) is 4. The Morgan fingerprint density at radius 2 is 0.838 bits per heavy atom. The van der Waals surface area contributed by atoms with Crippen LogP contribution in [0.25, 0.3) is 0 Å². The number of carbonyl (C=O) groups excluding carboxylic acids is 4. The van der Waals surface area contributed by atoms with Gasteiger partial charge < -0.3 is 21.3 Å². The maximum atomic E-state index is 13.3. The molecule has 0 radical (unpaired) electrons. The van der Waals surface area contributed by atoms with Crippen molar-refractivity contribution in [3.8, 4) is 0 Å². The maximum Gasteiger partial charge on any atom is 0.251 e. The summed E-state index contributed by atoms with van der Waals surface area (Å²) < 4.78 is 0. The molecule has 8 heteroatoms. The summed E-state index contributed by atoms with van der Waals surface area (Å²) in [4.78, 5) is 52.9. The standard InChI is InChI=1S/C29H34N4O4/c1-17-13-20-16-21(14-17)29(37)33-25-12-5-3-10-23(25)31-27(35)19-8-6-7-18(15-19)26(34)30-22-9-2-4-11-24(22)32-28(20)36/h6-8,13-16,22-25H,2-5,9-12H2,1H3,(H,30,34)(H,31,35)(H,32,36)(H,33,37)/t22-,23-,24-,25-/m1/s1. The molecule has 0 aromatic heterocycles. The van der Waals surface area contributed by atoms with Gasteiger partial charge in [-0.3, -0.25) is 19.2 Å². The lowest BCUT2D eigenvalue weighted by molar-refractivity contribution is 0.0855. The second kappa shape index (κ2) is 10.7. The number of amides is 4. The largest absolute Gasteiger partial charge is 0.347 e. The third kappa shape index (κ3) is 5.68. The molecule has 4 bridgehead atoms. The molecular formula is C29H34N4O4. The van der Waals surface area contributed by atoms with Crippen molar-refractivity contribution >= 4 is 23.6 Å². The van der Waals surface area contributed by atoms with Crippen LogP contribution in [-0.4, -0.2) is 47.8 Å². The first-order valence-corrected chi connectivity index (χ1v) is 13.3. The zero-order chi connectivity index (χ0) is 25.9. The molecular weight excluding hydrogens is 468 g/mol. The number of aryl methyl sites for hydroxylation is 1. The number of carbonyl (C=O) groups is 4. The Kier molecular flexibility index (Phi) is 7.26. The van der Waals surface area contributed by atoms with E-state index in [4.69, 9.17) is 0 Å². The number of fused-ring (bicyclic) bond motifs is 6. The fourth-order valence-corrected chi connectivity index (χ4v) is 5.81. The van der Waals surface area contributed by atoms with Gasteiger partial charge >= 0.3 is 0 Å². The van der Waals surface area contributed by atoms with Crippen molar-refractivity contribution in [3.63, 3.8) is 0 Å². The van der Waals surface area contributed by atoms with E-state index in [2.05, 4.69) is 21.3 Å². The fraction of sp³-hybridized carbons (Fsp3) is 0.448. The van der Waals surface area contributed by atoms with Gasteiger partial charge in [-0.15, -0.1) is 0 Å². The van der Waals surface area contributed by atoms with Crippen LogP contribution in [0.3, 0.4) is 0 Å². The third-order valence-electron chi connectivity index (χ3n) is 7.79. The average Bonchev–Trinajstić information content (AvgIpc) is 2.90. The Morgan fingerprint density at radius 1 is 0.514 bits per heavy atom. The lowest BCUT2D eigenvalue weighted by atomic mass is 9.89. The van der Waals surface area contributed by atoms with Gasteiger partial charge in [0.1, 0.15) is 0 Å². The SMILES string of the molecule is Cc1cc2cc(c1)C(=O)N[C@@H]1CCCC[C@H]1NC(=O)c1cccc(c1)C(=O)N[C@@H]1CCCC[C@H]1NC2=O. The summed E-state index contributed by atoms with van der Waals surface area (Å²) in [6.45, 7) is 1.86. The third-order valence-corrected chi connectivity index (χ3v) is 7.79. The summed E-state index contributed by atoms with van der Waals surface area (Å²) in [5.74, 6) is -1.03. The van der Waals surface area contributed by atoms with Crippen LogP contribution in [0.2, 0.25) is 0 Å². The zero-order valence-corrected chi connectivity index (χ0v) is 21.1. The van der Waals surface area contributed by atoms with Crippen molar-refractivity contribution in [2.45, 2.75) is 82.5 Å². The second-order valence-electron chi connectivity index (χ2n) is 10.6. The minimum absolute atomic E-state index is 0.225. The van der Waals surface area contributed by atoms with E-state index in [1.54, 1.807) is 42.5 Å². The van der Waals surface area contributed by atoms with E-state index in [1.165, 1.54) is 0 Å². The first-order valence-electron chi connectivity index (χ1n) is 13.3. The first kappa shape index (κ1) is 25.0. The molecule has 0 saturated heterocycles. The highest BCUT2D eigenvalue weighted by molar-refractivity contribution is 6.01. The quantitative estimate of drug-likeness (QED) is 0.443. The highest BCUT2D eigenvalue weighted by atomic mass is 16.2. The van der Waals surface area contributed by atoms with Crippen molar-refractivity contribution in [1.29, 1.82) is 0 Å². The molecule has 3 aliphatic rings. The Hall–Kier alpha value is -3.68. The van der Waals surface area contributed by atoms with Crippen molar-refractivity contribution in [3.05, 3.63) is 70.3 Å². The van der Waals surface area contributed by atoms with Crippen molar-refractivity contribution in [1.82, 2.24) is 21.3 Å². The molecule has 4 atom stereocenters. The van der Waals surface area contributed by atoms with Crippen LogP contribution in [0.1, 0.15) is 98.4 Å². The number of rotatable bonds is 0. The number of hydrogen-bond acceptors (Lipinski definition) is 4. The maximum absolute atomic E-state index is 13.3. The van der Waals surface area contributed by atoms with Crippen LogP contribution >= 0.6 is 0 Å². The van der Waals surface area contributed by atoms with E-state index >= 15 is 0 Å². The smallest absolute Gasteiger partial charge is 0.251 e. The van der Waals surface area contributed by atoms with Gasteiger partial charge in [0.05, 0.1) is 0 Å². The van der Waals surface area contributed by atoms with E-state index in [1.807, 2.05) is 6.92 Å². The number of benzene rings is 2. The Labute approximate surface area is 217 Å². The molecule has 4 N–H and O–H groups in total. The fourth-order valence-electron chi connectivity index (χ4n) is 5.81. The second-order valence-corrected chi connectivity index (χ2v) is 10.6. The molecule has 2 saturated carbocycles. The van der Waals surface area contributed by atoms with Gasteiger partial charge in [0, 0.05) is 46.4 Å². The van der Waals surface area contributed by atoms with Crippen molar-refractivity contribution in [2.24, 2.45) is 0 Å². The summed E-state index contributed by atoms with van der Waals surface area (Å²) in [6.07, 6.45) is 6.83. The molecule has 2 aliphatic carbocycles. The predicted octanol–water partition coefficient (Wildman–Crippen LogP) is 3.25. The molecule has 8 nitrogen and oxygen atoms in total. The normalized spacial score (nSPS) is 26.7. The van der Waals surface area contributed by atoms with Crippen LogP contribution in [0.4, 0.5) is 0 Å². The highest BCUT2D eigenvalue weighted by Crippen LogP contribution is 2.22. The van der Waals surface area contributed by atoms with Crippen LogP contribution in [-0.2, 0) is 0 Å². The molecule has 2 aromatic rings. The van der Waals surface area contributed by atoms with Gasteiger partial charge in [0.2, 0.25) is 0 Å². The lowest BCUT2D eigenvalue weighted by Crippen LogP contribution is -2.53. The molecule has 5 rings (SSSR count). The molecule has 1 heterocycles. The van der Waals surface area contributed by atoms with Crippen molar-refractivity contribution < 1.29 is 19.2 Å². The molecule has 0 spiro atoms. The minimum atomic E-state index is -0.262. The van der Waals surface area contributed by atoms with Gasteiger partial charge in [-0.2, -0.15) is 0 Å². The molecule has 2 aromatic carbocycles. The summed E-state index contributed by atoms with van der Waals surface area (Å²) in [5, 5.41) is 12.4. The van der Waals surface area contributed by atoms with Gasteiger partial charge in [0.15, 0.2) is 0 Å². The summed E-state index contributed by atoms with van der Waals surface area (Å²) in [7, 11) is 0. The van der Waals surface area contributed by atoms with Gasteiger partial charge in [-0.1, -0.05) is 31.7 Å². The van der Waals surface area contributed by atoms with Crippen LogP contribution in [0.15, 0.2) is 42.5 Å². The summed E-state index contributed by atoms with van der Waals surface area (Å²) in [5.41, 5.74) is 2.46. The molecule has 194 valence electrons. The first-order chi connectivity index (χ1) is 17.9. The molecule has 0 unspecified atom stereocenters. The monoisotopic (exact) mass is 502 g/mol. The predicted molar refractivity (Wildman–Crippen MR) is 140 cm³/mol. The molecule has 4 amide bonds. The average molecular weight is 503 g/mol. The van der Waals surface area contributed by atoms with E-state index in [0.29, 0.717) is 22.3 Å². The molecule has 1 aliphatic heterocycles. The van der Waals surface area contributed by atoms with Gasteiger partial charge in [-0.25, -0.2) is 0 Å². The Bertz CT molecular complexity index is 1140. The van der Waals surface area contributed by atoms with Crippen LogP contribution in [0, 0.1) is 6.92 Å². The Balaban J connectivity index is 1.51. The highest BCUT2D eigenvalue weighted by Gasteiger charge is 2.31. The van der Waals surface area contributed by atoms with Gasteiger partial charge in [-0.05, 0) is 74.6 Å². The van der Waals surface area contributed by atoms with E-state index in [9.17, 15) is 19.2 Å². The molecule has 2 fully saturated rings. The van der Waals surface area contributed by atoms with E-state index < -0.39 is 0 Å². The van der Waals surface area contributed by atoms with Crippen LogP contribution in [0.5, 0.6) is 0 Å².